The van der Waals surface area contributed by atoms with E-state index in [1.165, 1.54) is 20.3 Å². The van der Waals surface area contributed by atoms with E-state index in [0.29, 0.717) is 34.8 Å². The van der Waals surface area contributed by atoms with E-state index in [-0.39, 0.29) is 6.79 Å². The predicted molar refractivity (Wildman–Crippen MR) is 60.8 cm³/mol. The first kappa shape index (κ1) is 11.3. The van der Waals surface area contributed by atoms with Gasteiger partial charge >= 0.3 is 0 Å². The number of rotatable bonds is 4. The minimum absolute atomic E-state index is 0.126. The van der Waals surface area contributed by atoms with Crippen LogP contribution in [0.3, 0.4) is 0 Å². The van der Waals surface area contributed by atoms with E-state index in [2.05, 4.69) is 0 Å². The normalized spacial score (nSPS) is 12.8. The highest BCUT2D eigenvalue weighted by Crippen LogP contribution is 2.49. The van der Waals surface area contributed by atoms with Gasteiger partial charge in [-0.2, -0.15) is 0 Å². The second-order valence-electron chi connectivity index (χ2n) is 3.26. The molecular formula is C12H12O5. The molecule has 1 heterocycles. The Labute approximate surface area is 98.5 Å². The highest BCUT2D eigenvalue weighted by atomic mass is 16.7. The predicted octanol–water partition coefficient (Wildman–Crippen LogP) is 1.64. The molecular weight excluding hydrogens is 224 g/mol. The van der Waals surface area contributed by atoms with Gasteiger partial charge in [0.15, 0.2) is 11.5 Å². The summed E-state index contributed by atoms with van der Waals surface area (Å²) in [6, 6.07) is 1.73. The summed E-state index contributed by atoms with van der Waals surface area (Å²) in [7, 11) is 3.06. The van der Waals surface area contributed by atoms with Crippen molar-refractivity contribution in [2.75, 3.05) is 21.0 Å². The number of fused-ring (bicyclic) bond motifs is 1. The van der Waals surface area contributed by atoms with Crippen LogP contribution in [0.2, 0.25) is 0 Å². The van der Waals surface area contributed by atoms with Crippen LogP contribution in [0.1, 0.15) is 5.56 Å². The van der Waals surface area contributed by atoms with Gasteiger partial charge in [0.2, 0.25) is 18.3 Å². The van der Waals surface area contributed by atoms with Gasteiger partial charge in [0.05, 0.1) is 14.2 Å². The lowest BCUT2D eigenvalue weighted by Crippen LogP contribution is -1.94. The number of hydrogen-bond donors (Lipinski definition) is 0. The fourth-order valence-corrected chi connectivity index (χ4v) is 1.66. The quantitative estimate of drug-likeness (QED) is 0.587. The van der Waals surface area contributed by atoms with Crippen molar-refractivity contribution in [3.05, 3.63) is 17.7 Å². The van der Waals surface area contributed by atoms with Gasteiger partial charge in [0, 0.05) is 5.56 Å². The summed E-state index contributed by atoms with van der Waals surface area (Å²) < 4.78 is 21.1. The summed E-state index contributed by atoms with van der Waals surface area (Å²) >= 11 is 0. The zero-order valence-electron chi connectivity index (χ0n) is 9.56. The highest BCUT2D eigenvalue weighted by Gasteiger charge is 2.25. The van der Waals surface area contributed by atoms with E-state index in [0.717, 1.165) is 0 Å². The van der Waals surface area contributed by atoms with Gasteiger partial charge in [-0.05, 0) is 18.2 Å². The lowest BCUT2D eigenvalue weighted by atomic mass is 10.1. The number of benzene rings is 1. The van der Waals surface area contributed by atoms with Crippen molar-refractivity contribution in [3.8, 4) is 23.0 Å². The van der Waals surface area contributed by atoms with Crippen molar-refractivity contribution in [2.45, 2.75) is 0 Å². The molecule has 0 bridgehead atoms. The van der Waals surface area contributed by atoms with Crippen molar-refractivity contribution in [1.29, 1.82) is 0 Å². The Bertz CT molecular complexity index is 464. The van der Waals surface area contributed by atoms with Gasteiger partial charge in [-0.1, -0.05) is 0 Å². The molecule has 1 aromatic carbocycles. The maximum atomic E-state index is 10.3. The van der Waals surface area contributed by atoms with Gasteiger partial charge in [-0.3, -0.25) is 4.79 Å². The van der Waals surface area contributed by atoms with Gasteiger partial charge in [-0.15, -0.1) is 0 Å². The first-order chi connectivity index (χ1) is 8.31. The Morgan fingerprint density at radius 3 is 2.65 bits per heavy atom. The molecule has 1 aliphatic heterocycles. The minimum Gasteiger partial charge on any atom is -0.493 e. The molecule has 0 aromatic heterocycles. The van der Waals surface area contributed by atoms with Crippen molar-refractivity contribution < 1.29 is 23.7 Å². The molecule has 0 N–H and O–H groups in total. The third-order valence-corrected chi connectivity index (χ3v) is 2.37. The Kier molecular flexibility index (Phi) is 3.18. The number of allylic oxidation sites excluding steroid dienone is 1. The number of hydrogen-bond acceptors (Lipinski definition) is 5. The molecule has 5 nitrogen and oxygen atoms in total. The van der Waals surface area contributed by atoms with Crippen molar-refractivity contribution in [3.63, 3.8) is 0 Å². The maximum absolute atomic E-state index is 10.3. The van der Waals surface area contributed by atoms with E-state index < -0.39 is 0 Å². The largest absolute Gasteiger partial charge is 0.493 e. The molecule has 0 amide bonds. The third kappa shape index (κ3) is 1.91. The smallest absolute Gasteiger partial charge is 0.231 e. The first-order valence-corrected chi connectivity index (χ1v) is 4.98. The molecule has 0 radical (unpaired) electrons. The van der Waals surface area contributed by atoms with Crippen molar-refractivity contribution in [1.82, 2.24) is 0 Å². The molecule has 0 aliphatic carbocycles. The van der Waals surface area contributed by atoms with Gasteiger partial charge < -0.3 is 18.9 Å². The monoisotopic (exact) mass is 236 g/mol. The van der Waals surface area contributed by atoms with E-state index in [4.69, 9.17) is 18.9 Å². The SMILES string of the molecule is COc1cc(C=CC=O)c2c(c1OC)OCO2. The van der Waals surface area contributed by atoms with Crippen LogP contribution in [0.15, 0.2) is 12.1 Å². The molecule has 0 saturated heterocycles. The summed E-state index contributed by atoms with van der Waals surface area (Å²) in [4.78, 5) is 10.3. The molecule has 1 aliphatic rings. The number of methoxy groups -OCH3 is 2. The summed E-state index contributed by atoms with van der Waals surface area (Å²) in [5, 5.41) is 0. The van der Waals surface area contributed by atoms with E-state index in [1.807, 2.05) is 0 Å². The number of ether oxygens (including phenoxy) is 4. The molecule has 2 rings (SSSR count). The number of carbonyl (C=O) groups is 1. The third-order valence-electron chi connectivity index (χ3n) is 2.37. The lowest BCUT2D eigenvalue weighted by Gasteiger charge is -2.11. The molecule has 17 heavy (non-hydrogen) atoms. The Morgan fingerprint density at radius 2 is 2.00 bits per heavy atom. The van der Waals surface area contributed by atoms with Gasteiger partial charge in [0.1, 0.15) is 6.29 Å². The second kappa shape index (κ2) is 4.78. The van der Waals surface area contributed by atoms with Crippen LogP contribution in [0.4, 0.5) is 0 Å². The maximum Gasteiger partial charge on any atom is 0.231 e. The zero-order valence-corrected chi connectivity index (χ0v) is 9.56. The highest BCUT2D eigenvalue weighted by molar-refractivity contribution is 5.79. The lowest BCUT2D eigenvalue weighted by molar-refractivity contribution is -0.104. The summed E-state index contributed by atoms with van der Waals surface area (Å²) in [6.07, 6.45) is 3.70. The summed E-state index contributed by atoms with van der Waals surface area (Å²) in [6.45, 7) is 0.126. The fourth-order valence-electron chi connectivity index (χ4n) is 1.66. The topological polar surface area (TPSA) is 54.0 Å². The first-order valence-electron chi connectivity index (χ1n) is 4.98. The molecule has 0 fully saturated rings. The Hall–Kier alpha value is -2.17. The van der Waals surface area contributed by atoms with Crippen molar-refractivity contribution >= 4 is 12.4 Å². The molecule has 0 unspecified atom stereocenters. The van der Waals surface area contributed by atoms with Crippen LogP contribution in [0, 0.1) is 0 Å². The number of carbonyl (C=O) groups excluding carboxylic acids is 1. The van der Waals surface area contributed by atoms with Crippen LogP contribution >= 0.6 is 0 Å². The fraction of sp³-hybridized carbons (Fsp3) is 0.250. The van der Waals surface area contributed by atoms with Crippen LogP contribution < -0.4 is 18.9 Å². The average Bonchev–Trinajstić information content (AvgIpc) is 2.84. The molecule has 5 heteroatoms. The summed E-state index contributed by atoms with van der Waals surface area (Å²) in [5.74, 6) is 2.07. The average molecular weight is 236 g/mol. The Balaban J connectivity index is 2.58. The summed E-state index contributed by atoms with van der Waals surface area (Å²) in [5.41, 5.74) is 0.710. The zero-order chi connectivity index (χ0) is 12.3. The standard InChI is InChI=1S/C12H12O5/c1-14-9-6-8(4-3-5-13)10-12(11(9)15-2)17-7-16-10/h3-6H,7H2,1-2H3. The van der Waals surface area contributed by atoms with E-state index in [1.54, 1.807) is 12.1 Å². The van der Waals surface area contributed by atoms with E-state index >= 15 is 0 Å². The van der Waals surface area contributed by atoms with Crippen LogP contribution in [0.5, 0.6) is 23.0 Å². The van der Waals surface area contributed by atoms with Crippen LogP contribution in [-0.4, -0.2) is 27.3 Å². The Morgan fingerprint density at radius 1 is 1.24 bits per heavy atom. The molecule has 90 valence electrons. The van der Waals surface area contributed by atoms with Gasteiger partial charge in [-0.25, -0.2) is 0 Å². The van der Waals surface area contributed by atoms with Crippen molar-refractivity contribution in [2.24, 2.45) is 0 Å². The van der Waals surface area contributed by atoms with E-state index in [9.17, 15) is 4.79 Å². The van der Waals surface area contributed by atoms with Crippen LogP contribution in [0.25, 0.3) is 6.08 Å². The molecule has 0 saturated carbocycles. The van der Waals surface area contributed by atoms with Crippen LogP contribution in [-0.2, 0) is 4.79 Å². The molecule has 0 spiro atoms. The molecule has 1 aromatic rings. The number of aldehydes is 1. The second-order valence-corrected chi connectivity index (χ2v) is 3.26. The molecule has 0 atom stereocenters. The van der Waals surface area contributed by atoms with Gasteiger partial charge in [0.25, 0.3) is 0 Å². The minimum atomic E-state index is 0.126.